The molecule has 0 fully saturated rings. The van der Waals surface area contributed by atoms with Crippen molar-refractivity contribution >= 4 is 34.4 Å². The second kappa shape index (κ2) is 8.09. The molecule has 7 nitrogen and oxygen atoms in total. The van der Waals surface area contributed by atoms with Crippen molar-refractivity contribution in [2.24, 2.45) is 0 Å². The first kappa shape index (κ1) is 18.6. The minimum Gasteiger partial charge on any atom is -0.324 e. The lowest BCUT2D eigenvalue weighted by Crippen LogP contribution is -2.25. The van der Waals surface area contributed by atoms with Gasteiger partial charge in [0.25, 0.3) is 5.56 Å². The highest BCUT2D eigenvalue weighted by Gasteiger charge is 2.15. The van der Waals surface area contributed by atoms with E-state index in [1.54, 1.807) is 30.5 Å². The second-order valence-corrected chi connectivity index (χ2v) is 6.66. The monoisotopic (exact) mass is 402 g/mol. The smallest absolute Gasteiger partial charge is 0.278 e. The predicted molar refractivity (Wildman–Crippen MR) is 112 cm³/mol. The van der Waals surface area contributed by atoms with E-state index in [4.69, 9.17) is 16.9 Å². The third-order valence-corrected chi connectivity index (χ3v) is 4.53. The minimum absolute atomic E-state index is 0.171. The van der Waals surface area contributed by atoms with Crippen LogP contribution in [0.4, 0.5) is 11.6 Å². The summed E-state index contributed by atoms with van der Waals surface area (Å²) in [6, 6.07) is 18.4. The van der Waals surface area contributed by atoms with Crippen molar-refractivity contribution in [3.05, 3.63) is 76.2 Å². The summed E-state index contributed by atoms with van der Waals surface area (Å²) >= 11 is 5.95. The number of nitriles is 1. The SMILES string of the molecule is N#CCCn1c(=O)c(-c2ccc(Cl)cc2)nc2cnc(Nc3ccccc3)nc21. The summed E-state index contributed by atoms with van der Waals surface area (Å²) < 4.78 is 1.47. The first-order valence-corrected chi connectivity index (χ1v) is 9.26. The van der Waals surface area contributed by atoms with Crippen LogP contribution < -0.4 is 10.9 Å². The van der Waals surface area contributed by atoms with Crippen molar-refractivity contribution < 1.29 is 0 Å². The molecule has 0 saturated heterocycles. The van der Waals surface area contributed by atoms with Gasteiger partial charge in [0.15, 0.2) is 5.65 Å². The predicted octanol–water partition coefficient (Wildman–Crippen LogP) is 4.16. The van der Waals surface area contributed by atoms with Crippen LogP contribution in [0, 0.1) is 11.3 Å². The van der Waals surface area contributed by atoms with Gasteiger partial charge in [0.1, 0.15) is 11.2 Å². The number of hydrogen-bond acceptors (Lipinski definition) is 6. The topological polar surface area (TPSA) is 96.5 Å². The molecule has 8 heteroatoms. The third kappa shape index (κ3) is 3.93. The number of hydrogen-bond donors (Lipinski definition) is 1. The number of anilines is 2. The van der Waals surface area contributed by atoms with Crippen molar-refractivity contribution in [3.8, 4) is 17.3 Å². The van der Waals surface area contributed by atoms with Gasteiger partial charge < -0.3 is 5.32 Å². The minimum atomic E-state index is -0.320. The fourth-order valence-electron chi connectivity index (χ4n) is 2.91. The van der Waals surface area contributed by atoms with Gasteiger partial charge in [0, 0.05) is 22.8 Å². The Labute approximate surface area is 171 Å². The number of fused-ring (bicyclic) bond motifs is 1. The molecule has 29 heavy (non-hydrogen) atoms. The normalized spacial score (nSPS) is 10.6. The zero-order valence-electron chi connectivity index (χ0n) is 15.2. The Bertz CT molecular complexity index is 1260. The molecule has 0 atom stereocenters. The van der Waals surface area contributed by atoms with E-state index in [-0.39, 0.29) is 24.2 Å². The Morgan fingerprint density at radius 1 is 1.07 bits per heavy atom. The molecular formula is C21H15ClN6O. The van der Waals surface area contributed by atoms with E-state index >= 15 is 0 Å². The summed E-state index contributed by atoms with van der Waals surface area (Å²) in [5, 5.41) is 12.7. The van der Waals surface area contributed by atoms with Gasteiger partial charge in [-0.1, -0.05) is 41.9 Å². The van der Waals surface area contributed by atoms with Crippen LogP contribution in [0.3, 0.4) is 0 Å². The number of halogens is 1. The summed E-state index contributed by atoms with van der Waals surface area (Å²) in [6.07, 6.45) is 1.74. The highest BCUT2D eigenvalue weighted by atomic mass is 35.5. The zero-order valence-corrected chi connectivity index (χ0v) is 16.0. The van der Waals surface area contributed by atoms with Crippen LogP contribution in [0.5, 0.6) is 0 Å². The Morgan fingerprint density at radius 2 is 1.83 bits per heavy atom. The average Bonchev–Trinajstić information content (AvgIpc) is 2.74. The Hall–Kier alpha value is -3.76. The van der Waals surface area contributed by atoms with Crippen molar-refractivity contribution in [2.75, 3.05) is 5.32 Å². The molecule has 0 aliphatic heterocycles. The van der Waals surface area contributed by atoms with E-state index in [0.29, 0.717) is 27.7 Å². The first-order valence-electron chi connectivity index (χ1n) is 8.88. The molecule has 0 radical (unpaired) electrons. The molecule has 2 aromatic carbocycles. The molecule has 142 valence electrons. The fraction of sp³-hybridized carbons (Fsp3) is 0.0952. The molecule has 0 unspecified atom stereocenters. The molecule has 0 aliphatic rings. The highest BCUT2D eigenvalue weighted by molar-refractivity contribution is 6.30. The molecule has 0 saturated carbocycles. The Morgan fingerprint density at radius 3 is 2.55 bits per heavy atom. The van der Waals surface area contributed by atoms with Crippen molar-refractivity contribution in [1.29, 1.82) is 5.26 Å². The maximum atomic E-state index is 13.1. The number of para-hydroxylation sites is 1. The van der Waals surface area contributed by atoms with E-state index in [1.807, 2.05) is 30.3 Å². The summed E-state index contributed by atoms with van der Waals surface area (Å²) in [6.45, 7) is 0.205. The second-order valence-electron chi connectivity index (χ2n) is 6.23. The fourth-order valence-corrected chi connectivity index (χ4v) is 3.04. The van der Waals surface area contributed by atoms with Gasteiger partial charge in [-0.25, -0.2) is 9.97 Å². The quantitative estimate of drug-likeness (QED) is 0.538. The highest BCUT2D eigenvalue weighted by Crippen LogP contribution is 2.20. The van der Waals surface area contributed by atoms with Gasteiger partial charge in [-0.2, -0.15) is 10.2 Å². The van der Waals surface area contributed by atoms with Gasteiger partial charge in [-0.3, -0.25) is 9.36 Å². The average molecular weight is 403 g/mol. The summed E-state index contributed by atoms with van der Waals surface area (Å²) in [7, 11) is 0. The molecule has 0 amide bonds. The standard InChI is InChI=1S/C21H15ClN6O/c22-15-9-7-14(8-10-15)18-20(29)28(12-4-11-23)19-17(26-18)13-24-21(27-19)25-16-5-2-1-3-6-16/h1-3,5-10,13H,4,12H2,(H,24,25,27). The molecule has 0 aliphatic carbocycles. The lowest BCUT2D eigenvalue weighted by molar-refractivity contribution is 0.702. The van der Waals surface area contributed by atoms with E-state index < -0.39 is 0 Å². The van der Waals surface area contributed by atoms with Crippen LogP contribution in [0.15, 0.2) is 65.6 Å². The molecule has 4 rings (SSSR count). The van der Waals surface area contributed by atoms with Crippen LogP contribution in [0.2, 0.25) is 5.02 Å². The van der Waals surface area contributed by atoms with Gasteiger partial charge in [-0.15, -0.1) is 0 Å². The number of aromatic nitrogens is 4. The van der Waals surface area contributed by atoms with Crippen LogP contribution in [-0.4, -0.2) is 19.5 Å². The third-order valence-electron chi connectivity index (χ3n) is 4.28. The van der Waals surface area contributed by atoms with Gasteiger partial charge in [0.2, 0.25) is 5.95 Å². The Kier molecular flexibility index (Phi) is 5.18. The van der Waals surface area contributed by atoms with Gasteiger partial charge in [0.05, 0.1) is 18.7 Å². The van der Waals surface area contributed by atoms with E-state index in [0.717, 1.165) is 5.69 Å². The van der Waals surface area contributed by atoms with Gasteiger partial charge in [-0.05, 0) is 24.3 Å². The van der Waals surface area contributed by atoms with Crippen molar-refractivity contribution in [1.82, 2.24) is 19.5 Å². The molecule has 2 aromatic heterocycles. The number of rotatable bonds is 5. The molecule has 0 bridgehead atoms. The number of nitrogens with one attached hydrogen (secondary N) is 1. The summed E-state index contributed by atoms with van der Waals surface area (Å²) in [4.78, 5) is 26.4. The largest absolute Gasteiger partial charge is 0.324 e. The molecular weight excluding hydrogens is 388 g/mol. The van der Waals surface area contributed by atoms with Crippen LogP contribution in [-0.2, 0) is 6.54 Å². The van der Waals surface area contributed by atoms with E-state index in [1.165, 1.54) is 4.57 Å². The zero-order chi connectivity index (χ0) is 20.2. The molecule has 2 heterocycles. The number of benzene rings is 2. The Balaban J connectivity index is 1.85. The maximum Gasteiger partial charge on any atom is 0.278 e. The van der Waals surface area contributed by atoms with Crippen LogP contribution in [0.1, 0.15) is 6.42 Å². The number of nitrogens with zero attached hydrogens (tertiary/aromatic N) is 5. The number of aryl methyl sites for hydroxylation is 1. The van der Waals surface area contributed by atoms with Gasteiger partial charge >= 0.3 is 0 Å². The van der Waals surface area contributed by atoms with Crippen LogP contribution >= 0.6 is 11.6 Å². The summed E-state index contributed by atoms with van der Waals surface area (Å²) in [5.74, 6) is 0.342. The van der Waals surface area contributed by atoms with Crippen molar-refractivity contribution in [2.45, 2.75) is 13.0 Å². The van der Waals surface area contributed by atoms with Crippen molar-refractivity contribution in [3.63, 3.8) is 0 Å². The molecule has 4 aromatic rings. The van der Waals surface area contributed by atoms with E-state index in [2.05, 4.69) is 26.3 Å². The lowest BCUT2D eigenvalue weighted by atomic mass is 10.1. The van der Waals surface area contributed by atoms with E-state index in [9.17, 15) is 4.79 Å². The molecule has 1 N–H and O–H groups in total. The first-order chi connectivity index (χ1) is 14.2. The molecule has 0 spiro atoms. The van der Waals surface area contributed by atoms with Crippen LogP contribution in [0.25, 0.3) is 22.4 Å². The maximum absolute atomic E-state index is 13.1. The lowest BCUT2D eigenvalue weighted by Gasteiger charge is -2.12. The summed E-state index contributed by atoms with van der Waals surface area (Å²) in [5.41, 5.74) is 2.24.